The number of methoxy groups -OCH3 is 1. The average molecular weight is 477 g/mol. The highest BCUT2D eigenvalue weighted by Crippen LogP contribution is 2.32. The molecule has 172 valence electrons. The number of ether oxygens (including phenoxy) is 2. The van der Waals surface area contributed by atoms with E-state index in [2.05, 4.69) is 5.32 Å². The van der Waals surface area contributed by atoms with E-state index >= 15 is 0 Å². The van der Waals surface area contributed by atoms with E-state index in [9.17, 15) is 14.4 Å². The zero-order valence-corrected chi connectivity index (χ0v) is 19.5. The van der Waals surface area contributed by atoms with Gasteiger partial charge < -0.3 is 14.8 Å². The van der Waals surface area contributed by atoms with Crippen LogP contribution in [0.4, 0.5) is 11.4 Å². The molecule has 2 amide bonds. The molecule has 1 heterocycles. The second-order valence-electron chi connectivity index (χ2n) is 7.63. The molecule has 0 unspecified atom stereocenters. The summed E-state index contributed by atoms with van der Waals surface area (Å²) in [7, 11) is 1.49. The number of halogens is 1. The summed E-state index contributed by atoms with van der Waals surface area (Å²) in [6, 6.07) is 18.4. The molecule has 0 atom stereocenters. The Hall–Kier alpha value is -4.10. The van der Waals surface area contributed by atoms with Gasteiger partial charge in [-0.25, -0.2) is 9.69 Å². The van der Waals surface area contributed by atoms with E-state index in [4.69, 9.17) is 21.1 Å². The zero-order chi connectivity index (χ0) is 24.4. The Morgan fingerprint density at radius 3 is 2.35 bits per heavy atom. The molecule has 0 saturated heterocycles. The minimum atomic E-state index is -0.642. The predicted molar refractivity (Wildman–Crippen MR) is 129 cm³/mol. The monoisotopic (exact) mass is 476 g/mol. The fourth-order valence-electron chi connectivity index (χ4n) is 3.42. The molecule has 1 aliphatic rings. The minimum Gasteiger partial charge on any atom is -0.497 e. The highest BCUT2D eigenvalue weighted by Gasteiger charge is 2.39. The van der Waals surface area contributed by atoms with Crippen LogP contribution in [0.25, 0.3) is 0 Å². The maximum absolute atomic E-state index is 13.0. The summed E-state index contributed by atoms with van der Waals surface area (Å²) in [5, 5.41) is 2.65. The maximum atomic E-state index is 13.0. The molecule has 8 heteroatoms. The summed E-state index contributed by atoms with van der Waals surface area (Å²) in [6.45, 7) is 3.83. The lowest BCUT2D eigenvalue weighted by molar-refractivity contribution is -0.120. The van der Waals surface area contributed by atoms with Crippen LogP contribution in [0.5, 0.6) is 11.5 Å². The topological polar surface area (TPSA) is 84.9 Å². The van der Waals surface area contributed by atoms with Crippen molar-refractivity contribution in [3.63, 3.8) is 0 Å². The minimum absolute atomic E-state index is 0.0554. The number of carbonyl (C=O) groups is 3. The first-order chi connectivity index (χ1) is 16.3. The van der Waals surface area contributed by atoms with Gasteiger partial charge >= 0.3 is 5.97 Å². The number of nitrogens with one attached hydrogen (secondary N) is 1. The van der Waals surface area contributed by atoms with Crippen molar-refractivity contribution < 1.29 is 23.9 Å². The van der Waals surface area contributed by atoms with E-state index in [0.29, 0.717) is 28.4 Å². The van der Waals surface area contributed by atoms with Crippen molar-refractivity contribution in [2.24, 2.45) is 0 Å². The third-order valence-electron chi connectivity index (χ3n) is 5.49. The van der Waals surface area contributed by atoms with Gasteiger partial charge in [0.05, 0.1) is 18.4 Å². The van der Waals surface area contributed by atoms with Gasteiger partial charge in [-0.3, -0.25) is 9.59 Å². The van der Waals surface area contributed by atoms with Crippen molar-refractivity contribution in [3.8, 4) is 11.5 Å². The van der Waals surface area contributed by atoms with Crippen LogP contribution < -0.4 is 19.7 Å². The molecule has 0 fully saturated rings. The van der Waals surface area contributed by atoms with Crippen molar-refractivity contribution in [3.05, 3.63) is 94.1 Å². The molecule has 3 aromatic carbocycles. The third kappa shape index (κ3) is 4.38. The summed E-state index contributed by atoms with van der Waals surface area (Å²) in [4.78, 5) is 39.1. The lowest BCUT2D eigenvalue weighted by Crippen LogP contribution is -2.32. The number of esters is 1. The number of hydrogen-bond acceptors (Lipinski definition) is 6. The first kappa shape index (κ1) is 23.1. The van der Waals surface area contributed by atoms with Crippen LogP contribution >= 0.6 is 11.6 Å². The van der Waals surface area contributed by atoms with Gasteiger partial charge in [-0.1, -0.05) is 29.8 Å². The first-order valence-electron chi connectivity index (χ1n) is 10.4. The lowest BCUT2D eigenvalue weighted by Gasteiger charge is -2.16. The number of rotatable bonds is 6. The Morgan fingerprint density at radius 1 is 0.941 bits per heavy atom. The van der Waals surface area contributed by atoms with Crippen LogP contribution in [0.2, 0.25) is 0 Å². The van der Waals surface area contributed by atoms with Gasteiger partial charge in [0, 0.05) is 11.8 Å². The molecular formula is C26H21ClN2O5. The SMILES string of the molecule is COc1cccc(N2C(=O)C(Cl)=C(Nc3ccc(C(=O)Oc4cccc(C)c4C)cc3)C2=O)c1. The maximum Gasteiger partial charge on any atom is 0.343 e. The number of hydrogen-bond donors (Lipinski definition) is 1. The second kappa shape index (κ2) is 9.41. The molecule has 0 saturated carbocycles. The lowest BCUT2D eigenvalue weighted by atomic mass is 10.1. The van der Waals surface area contributed by atoms with Gasteiger partial charge in [-0.2, -0.15) is 0 Å². The summed E-state index contributed by atoms with van der Waals surface area (Å²) >= 11 is 6.19. The Balaban J connectivity index is 1.49. The molecule has 0 aliphatic carbocycles. The molecule has 34 heavy (non-hydrogen) atoms. The number of anilines is 2. The molecule has 0 bridgehead atoms. The number of carbonyl (C=O) groups excluding carboxylic acids is 3. The van der Waals surface area contributed by atoms with Crippen LogP contribution in [0.1, 0.15) is 21.5 Å². The van der Waals surface area contributed by atoms with Crippen molar-refractivity contribution in [1.29, 1.82) is 0 Å². The molecule has 0 spiro atoms. The average Bonchev–Trinajstić information content (AvgIpc) is 3.05. The van der Waals surface area contributed by atoms with E-state index in [0.717, 1.165) is 16.0 Å². The second-order valence-corrected chi connectivity index (χ2v) is 8.00. The number of imide groups is 1. The quantitative estimate of drug-likeness (QED) is 0.307. The highest BCUT2D eigenvalue weighted by molar-refractivity contribution is 6.53. The van der Waals surface area contributed by atoms with Crippen LogP contribution in [0.3, 0.4) is 0 Å². The van der Waals surface area contributed by atoms with Crippen LogP contribution in [0, 0.1) is 13.8 Å². The van der Waals surface area contributed by atoms with Gasteiger partial charge in [0.25, 0.3) is 11.8 Å². The molecule has 1 aliphatic heterocycles. The molecule has 3 aromatic rings. The zero-order valence-electron chi connectivity index (χ0n) is 18.7. The van der Waals surface area contributed by atoms with Crippen molar-refractivity contribution in [1.82, 2.24) is 0 Å². The molecule has 0 radical (unpaired) electrons. The van der Waals surface area contributed by atoms with Crippen LogP contribution in [-0.2, 0) is 9.59 Å². The van der Waals surface area contributed by atoms with E-state index < -0.39 is 17.8 Å². The number of benzene rings is 3. The van der Waals surface area contributed by atoms with E-state index in [1.54, 1.807) is 54.6 Å². The van der Waals surface area contributed by atoms with E-state index in [1.165, 1.54) is 7.11 Å². The normalized spacial score (nSPS) is 13.4. The molecule has 1 N–H and O–H groups in total. The first-order valence-corrected chi connectivity index (χ1v) is 10.8. The highest BCUT2D eigenvalue weighted by atomic mass is 35.5. The summed E-state index contributed by atoms with van der Waals surface area (Å²) in [5.41, 5.74) is 3.01. The van der Waals surface area contributed by atoms with Crippen LogP contribution in [0.15, 0.2) is 77.5 Å². The fraction of sp³-hybridized carbons (Fsp3) is 0.115. The Bertz CT molecular complexity index is 1330. The third-order valence-corrected chi connectivity index (χ3v) is 5.84. The van der Waals surface area contributed by atoms with Crippen molar-refractivity contribution in [2.45, 2.75) is 13.8 Å². The largest absolute Gasteiger partial charge is 0.497 e. The van der Waals surface area contributed by atoms with E-state index in [-0.39, 0.29) is 10.7 Å². The number of nitrogens with zero attached hydrogens (tertiary/aromatic N) is 1. The smallest absolute Gasteiger partial charge is 0.343 e. The van der Waals surface area contributed by atoms with Gasteiger partial charge in [0.2, 0.25) is 0 Å². The Labute approximate surface area is 201 Å². The van der Waals surface area contributed by atoms with Gasteiger partial charge in [-0.15, -0.1) is 0 Å². The standard InChI is InChI=1S/C26H21ClN2O5/c1-15-6-4-9-21(16(15)2)34-26(32)17-10-12-18(13-11-17)28-23-22(27)24(30)29(25(23)31)19-7-5-8-20(14-19)33-3/h4-14,28H,1-3H3. The number of amides is 2. The van der Waals surface area contributed by atoms with Gasteiger partial charge in [0.1, 0.15) is 22.2 Å². The van der Waals surface area contributed by atoms with Crippen LogP contribution in [-0.4, -0.2) is 24.9 Å². The fourth-order valence-corrected chi connectivity index (χ4v) is 3.64. The predicted octanol–water partition coefficient (Wildman–Crippen LogP) is 4.97. The van der Waals surface area contributed by atoms with Gasteiger partial charge in [0.15, 0.2) is 0 Å². The molecule has 7 nitrogen and oxygen atoms in total. The summed E-state index contributed by atoms with van der Waals surface area (Å²) in [6.07, 6.45) is 0. The molecule has 0 aromatic heterocycles. The Morgan fingerprint density at radius 2 is 1.65 bits per heavy atom. The Kier molecular flexibility index (Phi) is 6.38. The summed E-state index contributed by atoms with van der Waals surface area (Å²) in [5.74, 6) is -0.748. The van der Waals surface area contributed by atoms with E-state index in [1.807, 2.05) is 26.0 Å². The van der Waals surface area contributed by atoms with Crippen molar-refractivity contribution in [2.75, 3.05) is 17.3 Å². The molecule has 4 rings (SSSR count). The van der Waals surface area contributed by atoms with Gasteiger partial charge in [-0.05, 0) is 67.4 Å². The van der Waals surface area contributed by atoms with Crippen molar-refractivity contribution >= 4 is 40.8 Å². The molecular weight excluding hydrogens is 456 g/mol. The number of aryl methyl sites for hydroxylation is 1. The summed E-state index contributed by atoms with van der Waals surface area (Å²) < 4.78 is 10.7.